The monoisotopic (exact) mass is 355 g/mol. The van der Waals surface area contributed by atoms with Crippen LogP contribution >= 0.6 is 0 Å². The van der Waals surface area contributed by atoms with Gasteiger partial charge in [0.25, 0.3) is 0 Å². The van der Waals surface area contributed by atoms with E-state index in [0.29, 0.717) is 19.6 Å². The normalized spacial score (nSPS) is 15.0. The molecule has 1 aliphatic rings. The van der Waals surface area contributed by atoms with E-state index in [1.54, 1.807) is 17.0 Å². The van der Waals surface area contributed by atoms with Gasteiger partial charge in [0.05, 0.1) is 0 Å². The van der Waals surface area contributed by atoms with E-state index >= 15 is 0 Å². The number of urea groups is 1. The Morgan fingerprint density at radius 1 is 1.23 bits per heavy atom. The molecular formula is C19H25N5O2. The number of rotatable bonds is 5. The van der Waals surface area contributed by atoms with Gasteiger partial charge < -0.3 is 20.5 Å². The lowest BCUT2D eigenvalue weighted by Crippen LogP contribution is -2.44. The summed E-state index contributed by atoms with van der Waals surface area (Å²) >= 11 is 0. The summed E-state index contributed by atoms with van der Waals surface area (Å²) in [5.41, 5.74) is 7.58. The van der Waals surface area contributed by atoms with E-state index in [9.17, 15) is 9.59 Å². The highest BCUT2D eigenvalue weighted by atomic mass is 16.2. The predicted molar refractivity (Wildman–Crippen MR) is 98.4 cm³/mol. The van der Waals surface area contributed by atoms with Crippen LogP contribution in [-0.4, -0.2) is 39.5 Å². The van der Waals surface area contributed by atoms with E-state index in [4.69, 9.17) is 5.73 Å². The van der Waals surface area contributed by atoms with Crippen molar-refractivity contribution in [2.45, 2.75) is 38.8 Å². The van der Waals surface area contributed by atoms with Gasteiger partial charge >= 0.3 is 6.03 Å². The molecule has 0 radical (unpaired) electrons. The zero-order valence-electron chi connectivity index (χ0n) is 15.0. The molecule has 2 heterocycles. The molecule has 0 spiro atoms. The first kappa shape index (κ1) is 18.0. The fourth-order valence-electron chi connectivity index (χ4n) is 3.32. The van der Waals surface area contributed by atoms with Crippen molar-refractivity contribution in [3.05, 3.63) is 53.6 Å². The average molecular weight is 355 g/mol. The molecule has 138 valence electrons. The smallest absolute Gasteiger partial charge is 0.317 e. The van der Waals surface area contributed by atoms with Crippen LogP contribution in [0, 0.1) is 6.92 Å². The third-order valence-corrected chi connectivity index (χ3v) is 4.79. The van der Waals surface area contributed by atoms with Crippen molar-refractivity contribution < 1.29 is 9.59 Å². The van der Waals surface area contributed by atoms with Crippen molar-refractivity contribution in [1.82, 2.24) is 19.8 Å². The molecule has 7 heteroatoms. The summed E-state index contributed by atoms with van der Waals surface area (Å²) in [7, 11) is 0. The fourth-order valence-corrected chi connectivity index (χ4v) is 3.32. The van der Waals surface area contributed by atoms with Crippen LogP contribution in [-0.2, 0) is 17.9 Å². The van der Waals surface area contributed by atoms with E-state index in [2.05, 4.69) is 10.3 Å². The molecule has 7 nitrogen and oxygen atoms in total. The number of imidazole rings is 1. The SMILES string of the molecule is Cc1ccc(CNC(=O)N2CCC(c3nccn3CC(N)=O)CC2)cc1. The third-order valence-electron chi connectivity index (χ3n) is 4.79. The van der Waals surface area contributed by atoms with Gasteiger partial charge in [0, 0.05) is 37.9 Å². The quantitative estimate of drug-likeness (QED) is 0.856. The molecule has 1 aliphatic heterocycles. The van der Waals surface area contributed by atoms with Crippen molar-refractivity contribution in [2.75, 3.05) is 13.1 Å². The molecule has 2 aromatic rings. The first-order chi connectivity index (χ1) is 12.5. The first-order valence-electron chi connectivity index (χ1n) is 8.90. The number of aromatic nitrogens is 2. The van der Waals surface area contributed by atoms with Gasteiger partial charge in [-0.25, -0.2) is 9.78 Å². The number of aryl methyl sites for hydroxylation is 1. The van der Waals surface area contributed by atoms with Crippen LogP contribution in [0.1, 0.15) is 35.7 Å². The number of benzene rings is 1. The largest absolute Gasteiger partial charge is 0.368 e. The lowest BCUT2D eigenvalue weighted by molar-refractivity contribution is -0.118. The minimum atomic E-state index is -0.378. The van der Waals surface area contributed by atoms with Crippen molar-refractivity contribution in [2.24, 2.45) is 5.73 Å². The number of hydrogen-bond donors (Lipinski definition) is 2. The Morgan fingerprint density at radius 3 is 2.58 bits per heavy atom. The highest BCUT2D eigenvalue weighted by molar-refractivity contribution is 5.74. The number of hydrogen-bond acceptors (Lipinski definition) is 3. The van der Waals surface area contributed by atoms with Gasteiger partial charge in [-0.3, -0.25) is 4.79 Å². The Hall–Kier alpha value is -2.83. The van der Waals surface area contributed by atoms with Crippen molar-refractivity contribution in [3.63, 3.8) is 0 Å². The van der Waals surface area contributed by atoms with E-state index in [-0.39, 0.29) is 24.4 Å². The van der Waals surface area contributed by atoms with Gasteiger partial charge in [0.15, 0.2) is 0 Å². The van der Waals surface area contributed by atoms with E-state index in [0.717, 1.165) is 24.2 Å². The molecule has 1 aromatic heterocycles. The third kappa shape index (κ3) is 4.41. The number of likely N-dealkylation sites (tertiary alicyclic amines) is 1. The average Bonchev–Trinajstić information content (AvgIpc) is 3.08. The highest BCUT2D eigenvalue weighted by Gasteiger charge is 2.26. The van der Waals surface area contributed by atoms with E-state index in [1.807, 2.05) is 36.1 Å². The number of nitrogens with zero attached hydrogens (tertiary/aromatic N) is 3. The molecule has 26 heavy (non-hydrogen) atoms. The fraction of sp³-hybridized carbons (Fsp3) is 0.421. The summed E-state index contributed by atoms with van der Waals surface area (Å²) < 4.78 is 1.81. The zero-order valence-corrected chi connectivity index (χ0v) is 15.0. The van der Waals surface area contributed by atoms with Gasteiger partial charge in [-0.05, 0) is 25.3 Å². The molecule has 0 atom stereocenters. The second kappa shape index (κ2) is 8.03. The van der Waals surface area contributed by atoms with Crippen LogP contribution in [0.25, 0.3) is 0 Å². The molecule has 0 bridgehead atoms. The van der Waals surface area contributed by atoms with Crippen LogP contribution in [0.4, 0.5) is 4.79 Å². The maximum atomic E-state index is 12.4. The van der Waals surface area contributed by atoms with Crippen LogP contribution < -0.4 is 11.1 Å². The van der Waals surface area contributed by atoms with Crippen LogP contribution in [0.5, 0.6) is 0 Å². The van der Waals surface area contributed by atoms with Crippen molar-refractivity contribution in [1.29, 1.82) is 0 Å². The second-order valence-corrected chi connectivity index (χ2v) is 6.79. The number of carbonyl (C=O) groups is 2. The van der Waals surface area contributed by atoms with Gasteiger partial charge in [-0.15, -0.1) is 0 Å². The summed E-state index contributed by atoms with van der Waals surface area (Å²) in [4.78, 5) is 29.8. The molecule has 1 aromatic carbocycles. The standard InChI is InChI=1S/C19H25N5O2/c1-14-2-4-15(5-3-14)12-22-19(26)23-9-6-16(7-10-23)18-21-8-11-24(18)13-17(20)25/h2-5,8,11,16H,6-7,9-10,12-13H2,1H3,(H2,20,25)(H,22,26). The summed E-state index contributed by atoms with van der Waals surface area (Å²) in [5, 5.41) is 2.98. The minimum Gasteiger partial charge on any atom is -0.368 e. The number of nitrogens with two attached hydrogens (primary N) is 1. The summed E-state index contributed by atoms with van der Waals surface area (Å²) in [5.74, 6) is 0.742. The molecule has 0 unspecified atom stereocenters. The number of piperidine rings is 1. The molecule has 3 amide bonds. The van der Waals surface area contributed by atoms with Gasteiger partial charge in [0.2, 0.25) is 5.91 Å². The number of nitrogens with one attached hydrogen (secondary N) is 1. The Morgan fingerprint density at radius 2 is 1.92 bits per heavy atom. The van der Waals surface area contributed by atoms with Crippen LogP contribution in [0.3, 0.4) is 0 Å². The summed E-state index contributed by atoms with van der Waals surface area (Å²) in [6, 6.07) is 8.10. The van der Waals surface area contributed by atoms with Crippen molar-refractivity contribution in [3.8, 4) is 0 Å². The summed E-state index contributed by atoms with van der Waals surface area (Å²) in [6.45, 7) is 4.07. The van der Waals surface area contributed by atoms with Crippen LogP contribution in [0.15, 0.2) is 36.7 Å². The second-order valence-electron chi connectivity index (χ2n) is 6.79. The lowest BCUT2D eigenvalue weighted by atomic mass is 9.96. The Labute approximate surface area is 153 Å². The topological polar surface area (TPSA) is 93.2 Å². The minimum absolute atomic E-state index is 0.0375. The Kier molecular flexibility index (Phi) is 5.55. The van der Waals surface area contributed by atoms with Gasteiger partial charge in [-0.1, -0.05) is 29.8 Å². The van der Waals surface area contributed by atoms with E-state index < -0.39 is 0 Å². The maximum Gasteiger partial charge on any atom is 0.317 e. The Bertz CT molecular complexity index is 760. The molecular weight excluding hydrogens is 330 g/mol. The summed E-state index contributed by atoms with van der Waals surface area (Å²) in [6.07, 6.45) is 5.13. The number of amides is 3. The van der Waals surface area contributed by atoms with Gasteiger partial charge in [0.1, 0.15) is 12.4 Å². The van der Waals surface area contributed by atoms with Crippen molar-refractivity contribution >= 4 is 11.9 Å². The number of carbonyl (C=O) groups excluding carboxylic acids is 2. The molecule has 1 fully saturated rings. The predicted octanol–water partition coefficient (Wildman–Crippen LogP) is 1.77. The van der Waals surface area contributed by atoms with E-state index in [1.165, 1.54) is 5.56 Å². The zero-order chi connectivity index (χ0) is 18.5. The molecule has 0 saturated carbocycles. The van der Waals surface area contributed by atoms with Gasteiger partial charge in [-0.2, -0.15) is 0 Å². The number of primary amides is 1. The Balaban J connectivity index is 1.50. The highest BCUT2D eigenvalue weighted by Crippen LogP contribution is 2.26. The molecule has 3 rings (SSSR count). The van der Waals surface area contributed by atoms with Crippen LogP contribution in [0.2, 0.25) is 0 Å². The lowest BCUT2D eigenvalue weighted by Gasteiger charge is -2.32. The molecule has 0 aliphatic carbocycles. The molecule has 3 N–H and O–H groups in total. The first-order valence-corrected chi connectivity index (χ1v) is 8.90. The maximum absolute atomic E-state index is 12.4. The molecule has 1 saturated heterocycles.